The van der Waals surface area contributed by atoms with Crippen molar-refractivity contribution in [3.05, 3.63) is 160 Å². The number of allylic oxidation sites excluding steroid dienone is 2. The number of quaternary nitrogens is 1. The van der Waals surface area contributed by atoms with Crippen LogP contribution >= 0.6 is 0 Å². The highest BCUT2D eigenvalue weighted by molar-refractivity contribution is 7.01. The molecule has 0 saturated carbocycles. The molecule has 288 valence electrons. The molecule has 2 nitrogen and oxygen atoms in total. The Morgan fingerprint density at radius 2 is 1.09 bits per heavy atom. The first-order chi connectivity index (χ1) is 25.8. The normalized spacial score (nSPS) is 15.9. The number of nitrogens with one attached hydrogen (secondary N) is 1. The highest BCUT2D eigenvalue weighted by Crippen LogP contribution is 2.30. The minimum absolute atomic E-state index is 0.0126. The molecule has 0 aromatic heterocycles. The van der Waals surface area contributed by atoms with Crippen LogP contribution in [0.25, 0.3) is 6.08 Å². The van der Waals surface area contributed by atoms with Crippen molar-refractivity contribution in [2.24, 2.45) is 0 Å². The van der Waals surface area contributed by atoms with Crippen LogP contribution in [-0.4, -0.2) is 17.4 Å². The first-order valence-electron chi connectivity index (χ1n) is 17.3. The van der Waals surface area contributed by atoms with Crippen molar-refractivity contribution < 1.29 is 53.5 Å². The van der Waals surface area contributed by atoms with Gasteiger partial charge in [0.25, 0.3) is 6.35 Å². The summed E-state index contributed by atoms with van der Waals surface area (Å²) in [4.78, 5) is 0.521. The molecule has 0 unspecified atom stereocenters. The van der Waals surface area contributed by atoms with Crippen LogP contribution in [0.1, 0.15) is 64.5 Å². The van der Waals surface area contributed by atoms with Crippen LogP contribution in [0.5, 0.6) is 0 Å². The van der Waals surface area contributed by atoms with Crippen molar-refractivity contribution in [3.8, 4) is 11.8 Å². The van der Waals surface area contributed by atoms with E-state index in [4.69, 9.17) is 4.65 Å². The third-order valence-electron chi connectivity index (χ3n) is 9.96. The summed E-state index contributed by atoms with van der Waals surface area (Å²) in [5, 5.41) is 0. The van der Waals surface area contributed by atoms with Crippen LogP contribution in [0.4, 0.5) is 43.9 Å². The molecule has 1 aliphatic rings. The van der Waals surface area contributed by atoms with Gasteiger partial charge < -0.3 is 9.55 Å². The predicted molar refractivity (Wildman–Crippen MR) is 192 cm³/mol. The standard InChI is InChI=1S/C42H35BF10NO/c1-25(20-21-27-16-10-7-11-17-27)55-43(29-31(44)35(48)39(52)36(49)32(29)45,30-33(46)37(50)40(53)38(51)34(30)47)24-28(19-12-18-26-14-8-6-9-15-26)54-41(2,3)22-13-23-42(54,4)5/h6-12,14-18,24H,1,13,19,22-23H2,2-5H3/q-1/p+1/b18-12+,28-24-. The molecule has 1 aliphatic heterocycles. The van der Waals surface area contributed by atoms with Crippen molar-refractivity contribution in [2.75, 3.05) is 0 Å². The fraction of sp³-hybridized carbons (Fsp3) is 0.238. The third-order valence-corrected chi connectivity index (χ3v) is 9.96. The second-order valence-electron chi connectivity index (χ2n) is 14.7. The van der Waals surface area contributed by atoms with Crippen molar-refractivity contribution in [3.63, 3.8) is 0 Å². The molecule has 0 amide bonds. The molecule has 0 bridgehead atoms. The maximum absolute atomic E-state index is 16.3. The molecule has 1 fully saturated rings. The number of rotatable bonds is 9. The molecule has 0 atom stereocenters. The van der Waals surface area contributed by atoms with E-state index in [9.17, 15) is 8.78 Å². The van der Waals surface area contributed by atoms with Gasteiger partial charge in [-0.2, -0.15) is 0 Å². The zero-order valence-corrected chi connectivity index (χ0v) is 30.3. The van der Waals surface area contributed by atoms with Gasteiger partial charge in [0.1, 0.15) is 29.0 Å². The molecular formula is C42H36BF10NO. The summed E-state index contributed by atoms with van der Waals surface area (Å²) in [6, 6.07) is 16.6. The first kappa shape index (κ1) is 41.0. The monoisotopic (exact) mass is 771 g/mol. The molecule has 4 aromatic carbocycles. The second kappa shape index (κ2) is 15.9. The van der Waals surface area contributed by atoms with Gasteiger partial charge in [-0.05, 0) is 57.7 Å². The Morgan fingerprint density at radius 3 is 1.55 bits per heavy atom. The van der Waals surface area contributed by atoms with E-state index in [1.807, 2.05) is 27.7 Å². The maximum atomic E-state index is 16.3. The molecule has 1 N–H and O–H groups in total. The lowest BCUT2D eigenvalue weighted by molar-refractivity contribution is -0.966. The van der Waals surface area contributed by atoms with E-state index in [2.05, 4.69) is 18.4 Å². The van der Waals surface area contributed by atoms with Crippen molar-refractivity contribution >= 4 is 23.4 Å². The first-order valence-corrected chi connectivity index (χ1v) is 17.3. The molecule has 13 heteroatoms. The zero-order valence-electron chi connectivity index (χ0n) is 30.3. The highest BCUT2D eigenvalue weighted by Gasteiger charge is 2.50. The highest BCUT2D eigenvalue weighted by atomic mass is 19.2. The molecule has 0 spiro atoms. The molecule has 4 aromatic rings. The Bertz CT molecular complexity index is 2100. The van der Waals surface area contributed by atoms with E-state index < -0.39 is 92.3 Å². The van der Waals surface area contributed by atoms with E-state index in [0.717, 1.165) is 5.98 Å². The SMILES string of the molecule is C=C(C#Cc1ccccc1)O[B-](/C=C(/C/C=C/c1ccccc1)[NH+]1C(C)(C)CCCC1(C)C)(c1c(F)c(F)c(F)c(F)c1F)c1c(F)c(F)c(F)c(F)c1F. The Balaban J connectivity index is 1.99. The van der Waals surface area contributed by atoms with Gasteiger partial charge in [0.2, 0.25) is 0 Å². The van der Waals surface area contributed by atoms with E-state index in [-0.39, 0.29) is 12.1 Å². The molecule has 55 heavy (non-hydrogen) atoms. The van der Waals surface area contributed by atoms with Gasteiger partial charge in [-0.15, -0.1) is 5.98 Å². The maximum Gasteiger partial charge on any atom is 0.259 e. The van der Waals surface area contributed by atoms with E-state index in [1.165, 1.54) is 12.1 Å². The topological polar surface area (TPSA) is 13.7 Å². The Labute approximate surface area is 312 Å². The zero-order chi connectivity index (χ0) is 40.5. The summed E-state index contributed by atoms with van der Waals surface area (Å²) in [7, 11) is 0. The van der Waals surface area contributed by atoms with Gasteiger partial charge in [0.05, 0.1) is 16.8 Å². The third kappa shape index (κ3) is 7.97. The molecule has 1 heterocycles. The van der Waals surface area contributed by atoms with Crippen molar-refractivity contribution in [1.82, 2.24) is 0 Å². The van der Waals surface area contributed by atoms with Gasteiger partial charge in [-0.1, -0.05) is 84.1 Å². The van der Waals surface area contributed by atoms with Gasteiger partial charge in [-0.3, -0.25) is 0 Å². The molecule has 5 rings (SSSR count). The number of halogens is 10. The summed E-state index contributed by atoms with van der Waals surface area (Å²) in [5.41, 5.74) is -4.57. The predicted octanol–water partition coefficient (Wildman–Crippen LogP) is 8.87. The molecular weight excluding hydrogens is 735 g/mol. The Kier molecular flexibility index (Phi) is 11.8. The van der Waals surface area contributed by atoms with Crippen LogP contribution in [0.3, 0.4) is 0 Å². The lowest BCUT2D eigenvalue weighted by Crippen LogP contribution is -3.25. The van der Waals surface area contributed by atoms with Gasteiger partial charge in [0, 0.05) is 24.8 Å². The van der Waals surface area contributed by atoms with Crippen LogP contribution in [-0.2, 0) is 4.65 Å². The molecule has 0 aliphatic carbocycles. The number of piperidine rings is 1. The summed E-state index contributed by atoms with van der Waals surface area (Å²) in [6.07, 6.45) is -0.161. The summed E-state index contributed by atoms with van der Waals surface area (Å²) in [6.45, 7) is 10.9. The Morgan fingerprint density at radius 1 is 0.673 bits per heavy atom. The minimum Gasteiger partial charge on any atom is -0.697 e. The van der Waals surface area contributed by atoms with Gasteiger partial charge in [0.15, 0.2) is 34.9 Å². The molecule has 1 saturated heterocycles. The van der Waals surface area contributed by atoms with Crippen LogP contribution < -0.4 is 15.8 Å². The summed E-state index contributed by atoms with van der Waals surface area (Å²) < 4.78 is 161. The fourth-order valence-electron chi connectivity index (χ4n) is 7.81. The van der Waals surface area contributed by atoms with Gasteiger partial charge >= 0.3 is 0 Å². The number of hydrogen-bond donors (Lipinski definition) is 1. The number of benzene rings is 4. The lowest BCUT2D eigenvalue weighted by atomic mass is 9.30. The van der Waals surface area contributed by atoms with Crippen molar-refractivity contribution in [2.45, 2.75) is 64.5 Å². The van der Waals surface area contributed by atoms with E-state index in [1.54, 1.807) is 60.7 Å². The minimum atomic E-state index is -4.90. The van der Waals surface area contributed by atoms with Crippen LogP contribution in [0.15, 0.2) is 90.8 Å². The largest absolute Gasteiger partial charge is 0.697 e. The van der Waals surface area contributed by atoms with Crippen LogP contribution in [0, 0.1) is 70.0 Å². The van der Waals surface area contributed by atoms with E-state index in [0.29, 0.717) is 35.3 Å². The quantitative estimate of drug-likeness (QED) is 0.0449. The fourth-order valence-corrected chi connectivity index (χ4v) is 7.81. The number of likely N-dealkylation sites (tertiary alicyclic amines) is 1. The van der Waals surface area contributed by atoms with E-state index >= 15 is 35.1 Å². The van der Waals surface area contributed by atoms with Crippen LogP contribution in [0.2, 0.25) is 0 Å². The van der Waals surface area contributed by atoms with Crippen molar-refractivity contribution in [1.29, 1.82) is 0 Å². The summed E-state index contributed by atoms with van der Waals surface area (Å²) >= 11 is 0. The summed E-state index contributed by atoms with van der Waals surface area (Å²) in [5.74, 6) is -21.2. The second-order valence-corrected chi connectivity index (χ2v) is 14.7. The Hall–Kier alpha value is -5.22. The number of hydrogen-bond acceptors (Lipinski definition) is 1. The average Bonchev–Trinajstić information content (AvgIpc) is 3.14. The molecule has 0 radical (unpaired) electrons. The lowest BCUT2D eigenvalue weighted by Gasteiger charge is -2.51. The van der Waals surface area contributed by atoms with Gasteiger partial charge in [-0.25, -0.2) is 43.9 Å². The smallest absolute Gasteiger partial charge is 0.259 e. The average molecular weight is 772 g/mol.